The summed E-state index contributed by atoms with van der Waals surface area (Å²) in [6.45, 7) is 1.90. The minimum atomic E-state index is -0.740. The van der Waals surface area contributed by atoms with Crippen LogP contribution in [0.25, 0.3) is 0 Å². The molecule has 0 aliphatic heterocycles. The minimum Gasteiger partial charge on any atom is -0.392 e. The van der Waals surface area contributed by atoms with E-state index in [0.717, 1.165) is 11.1 Å². The van der Waals surface area contributed by atoms with E-state index in [0.29, 0.717) is 6.54 Å². The second kappa shape index (κ2) is 8.84. The van der Waals surface area contributed by atoms with Gasteiger partial charge in [0, 0.05) is 19.0 Å². The summed E-state index contributed by atoms with van der Waals surface area (Å²) >= 11 is 0. The average molecular weight is 326 g/mol. The molecular formula is C19H22N2O3. The maximum atomic E-state index is 11.9. The minimum absolute atomic E-state index is 0.0408. The summed E-state index contributed by atoms with van der Waals surface area (Å²) in [6.07, 6.45) is -0.692. The molecule has 0 fully saturated rings. The van der Waals surface area contributed by atoms with Crippen LogP contribution in [-0.2, 0) is 9.59 Å². The van der Waals surface area contributed by atoms with Gasteiger partial charge in [-0.3, -0.25) is 9.59 Å². The van der Waals surface area contributed by atoms with Crippen molar-refractivity contribution in [2.24, 2.45) is 0 Å². The predicted octanol–water partition coefficient (Wildman–Crippen LogP) is 1.43. The van der Waals surface area contributed by atoms with E-state index < -0.39 is 17.9 Å². The summed E-state index contributed by atoms with van der Waals surface area (Å²) in [5, 5.41) is 14.2. The van der Waals surface area contributed by atoms with Gasteiger partial charge in [0.05, 0.1) is 6.10 Å². The number of hydrogen-bond donors (Lipinski definition) is 3. The van der Waals surface area contributed by atoms with Crippen molar-refractivity contribution in [2.45, 2.75) is 18.9 Å². The van der Waals surface area contributed by atoms with Crippen molar-refractivity contribution in [2.75, 3.05) is 13.1 Å². The lowest BCUT2D eigenvalue weighted by molar-refractivity contribution is -0.139. The first-order valence-corrected chi connectivity index (χ1v) is 7.92. The summed E-state index contributed by atoms with van der Waals surface area (Å²) in [5.74, 6) is -1.48. The van der Waals surface area contributed by atoms with Crippen molar-refractivity contribution in [3.63, 3.8) is 0 Å². The van der Waals surface area contributed by atoms with Crippen LogP contribution in [0.15, 0.2) is 60.7 Å². The third-order valence-electron chi connectivity index (χ3n) is 3.63. The molecule has 0 heterocycles. The van der Waals surface area contributed by atoms with Gasteiger partial charge in [-0.2, -0.15) is 0 Å². The topological polar surface area (TPSA) is 78.4 Å². The molecule has 0 saturated carbocycles. The van der Waals surface area contributed by atoms with E-state index in [4.69, 9.17) is 5.11 Å². The predicted molar refractivity (Wildman–Crippen MR) is 92.4 cm³/mol. The first kappa shape index (κ1) is 17.7. The van der Waals surface area contributed by atoms with Crippen LogP contribution in [-0.4, -0.2) is 36.1 Å². The normalized spacial score (nSPS) is 11.8. The highest BCUT2D eigenvalue weighted by Crippen LogP contribution is 2.23. The third-order valence-corrected chi connectivity index (χ3v) is 3.63. The number of aliphatic hydroxyl groups excluding tert-OH is 1. The third kappa shape index (κ3) is 5.21. The molecule has 3 N–H and O–H groups in total. The van der Waals surface area contributed by atoms with E-state index in [1.807, 2.05) is 60.7 Å². The molecule has 2 aromatic rings. The second-order valence-electron chi connectivity index (χ2n) is 5.64. The maximum Gasteiger partial charge on any atom is 0.309 e. The summed E-state index contributed by atoms with van der Waals surface area (Å²) in [6, 6.07) is 19.7. The van der Waals surface area contributed by atoms with Crippen LogP contribution in [0.1, 0.15) is 24.0 Å². The molecule has 126 valence electrons. The van der Waals surface area contributed by atoms with Gasteiger partial charge in [-0.15, -0.1) is 0 Å². The zero-order chi connectivity index (χ0) is 17.4. The Hall–Kier alpha value is -2.66. The Balaban J connectivity index is 2.04. The molecule has 0 radical (unpaired) electrons. The number of hydrogen-bond acceptors (Lipinski definition) is 3. The maximum absolute atomic E-state index is 11.9. The van der Waals surface area contributed by atoms with Gasteiger partial charge < -0.3 is 15.7 Å². The first-order valence-electron chi connectivity index (χ1n) is 7.92. The van der Waals surface area contributed by atoms with Gasteiger partial charge in [-0.1, -0.05) is 60.7 Å². The standard InChI is InChI=1S/C19H22N2O3/c1-14(22)12-20-18(23)19(24)21-13-17(15-8-4-2-5-9-15)16-10-6-3-7-11-16/h2-11,14,17,22H,12-13H2,1H3,(H,20,23)(H,21,24)/t14-/m0/s1. The highest BCUT2D eigenvalue weighted by molar-refractivity contribution is 6.35. The highest BCUT2D eigenvalue weighted by atomic mass is 16.3. The Kier molecular flexibility index (Phi) is 6.51. The molecule has 0 aliphatic carbocycles. The fraction of sp³-hybridized carbons (Fsp3) is 0.263. The Labute approximate surface area is 141 Å². The Morgan fingerprint density at radius 3 is 1.67 bits per heavy atom. The molecule has 2 aromatic carbocycles. The number of carbonyl (C=O) groups excluding carboxylic acids is 2. The number of nitrogens with one attached hydrogen (secondary N) is 2. The van der Waals surface area contributed by atoms with Crippen molar-refractivity contribution in [1.82, 2.24) is 10.6 Å². The molecule has 0 spiro atoms. The van der Waals surface area contributed by atoms with Crippen LogP contribution in [0.5, 0.6) is 0 Å². The molecule has 2 rings (SSSR count). The molecule has 0 aromatic heterocycles. The average Bonchev–Trinajstić information content (AvgIpc) is 2.61. The summed E-state index contributed by atoms with van der Waals surface area (Å²) in [5.41, 5.74) is 2.13. The zero-order valence-electron chi connectivity index (χ0n) is 13.6. The SMILES string of the molecule is C[C@H](O)CNC(=O)C(=O)NCC(c1ccccc1)c1ccccc1. The smallest absolute Gasteiger partial charge is 0.309 e. The van der Waals surface area contributed by atoms with Crippen molar-refractivity contribution in [3.05, 3.63) is 71.8 Å². The molecule has 5 heteroatoms. The van der Waals surface area contributed by atoms with Crippen LogP contribution < -0.4 is 10.6 Å². The van der Waals surface area contributed by atoms with Crippen molar-refractivity contribution in [3.8, 4) is 0 Å². The largest absolute Gasteiger partial charge is 0.392 e. The van der Waals surface area contributed by atoms with Crippen molar-refractivity contribution < 1.29 is 14.7 Å². The molecule has 5 nitrogen and oxygen atoms in total. The first-order chi connectivity index (χ1) is 11.6. The van der Waals surface area contributed by atoms with E-state index >= 15 is 0 Å². The number of amides is 2. The Morgan fingerprint density at radius 1 is 0.833 bits per heavy atom. The van der Waals surface area contributed by atoms with E-state index in [1.54, 1.807) is 6.92 Å². The second-order valence-corrected chi connectivity index (χ2v) is 5.64. The lowest BCUT2D eigenvalue weighted by atomic mass is 9.91. The summed E-state index contributed by atoms with van der Waals surface area (Å²) < 4.78 is 0. The summed E-state index contributed by atoms with van der Waals surface area (Å²) in [7, 11) is 0. The molecule has 0 bridgehead atoms. The Morgan fingerprint density at radius 2 is 1.25 bits per heavy atom. The van der Waals surface area contributed by atoms with Crippen LogP contribution in [0, 0.1) is 0 Å². The van der Waals surface area contributed by atoms with Gasteiger partial charge in [0.15, 0.2) is 0 Å². The molecule has 0 saturated heterocycles. The lowest BCUT2D eigenvalue weighted by Crippen LogP contribution is -2.43. The van der Waals surface area contributed by atoms with Crippen LogP contribution >= 0.6 is 0 Å². The van der Waals surface area contributed by atoms with Crippen LogP contribution in [0.2, 0.25) is 0 Å². The molecule has 1 atom stereocenters. The quantitative estimate of drug-likeness (QED) is 0.703. The number of rotatable bonds is 6. The number of aliphatic hydroxyl groups is 1. The number of benzene rings is 2. The summed E-state index contributed by atoms with van der Waals surface area (Å²) in [4.78, 5) is 23.6. The van der Waals surface area contributed by atoms with Crippen LogP contribution in [0.3, 0.4) is 0 Å². The van der Waals surface area contributed by atoms with Gasteiger partial charge in [0.1, 0.15) is 0 Å². The van der Waals surface area contributed by atoms with E-state index in [-0.39, 0.29) is 12.5 Å². The van der Waals surface area contributed by atoms with Gasteiger partial charge in [-0.05, 0) is 18.1 Å². The fourth-order valence-electron chi connectivity index (χ4n) is 2.39. The van der Waals surface area contributed by atoms with Crippen molar-refractivity contribution >= 4 is 11.8 Å². The number of carbonyl (C=O) groups is 2. The van der Waals surface area contributed by atoms with Gasteiger partial charge in [-0.25, -0.2) is 0 Å². The van der Waals surface area contributed by atoms with Gasteiger partial charge in [0.2, 0.25) is 0 Å². The monoisotopic (exact) mass is 326 g/mol. The Bertz CT molecular complexity index is 617. The van der Waals surface area contributed by atoms with E-state index in [9.17, 15) is 9.59 Å². The molecule has 0 unspecified atom stereocenters. The van der Waals surface area contributed by atoms with E-state index in [1.165, 1.54) is 0 Å². The molecule has 2 amide bonds. The van der Waals surface area contributed by atoms with Gasteiger partial charge in [0.25, 0.3) is 0 Å². The fourth-order valence-corrected chi connectivity index (χ4v) is 2.39. The highest BCUT2D eigenvalue weighted by Gasteiger charge is 2.18. The molecule has 24 heavy (non-hydrogen) atoms. The lowest BCUT2D eigenvalue weighted by Gasteiger charge is -2.18. The molecular weight excluding hydrogens is 304 g/mol. The van der Waals surface area contributed by atoms with Gasteiger partial charge >= 0.3 is 11.8 Å². The zero-order valence-corrected chi connectivity index (χ0v) is 13.6. The van der Waals surface area contributed by atoms with E-state index in [2.05, 4.69) is 10.6 Å². The molecule has 0 aliphatic rings. The van der Waals surface area contributed by atoms with Crippen molar-refractivity contribution in [1.29, 1.82) is 0 Å². The van der Waals surface area contributed by atoms with Crippen LogP contribution in [0.4, 0.5) is 0 Å².